The van der Waals surface area contributed by atoms with Crippen LogP contribution in [0.4, 0.5) is 13.6 Å². The van der Waals surface area contributed by atoms with E-state index in [0.29, 0.717) is 56.4 Å². The van der Waals surface area contributed by atoms with Gasteiger partial charge in [0.15, 0.2) is 0 Å². The Morgan fingerprint density at radius 2 is 1.82 bits per heavy atom. The Kier molecular flexibility index (Phi) is 9.66. The van der Waals surface area contributed by atoms with Gasteiger partial charge >= 0.3 is 12.1 Å². The molecule has 0 N–H and O–H groups in total. The minimum absolute atomic E-state index is 0.194. The number of benzene rings is 2. The van der Waals surface area contributed by atoms with Gasteiger partial charge in [0.25, 0.3) is 6.43 Å². The molecule has 1 atom stereocenters. The summed E-state index contributed by atoms with van der Waals surface area (Å²) in [6.45, 7) is 9.54. The van der Waals surface area contributed by atoms with Crippen molar-refractivity contribution < 1.29 is 42.1 Å². The summed E-state index contributed by atoms with van der Waals surface area (Å²) in [6, 6.07) is 8.74. The maximum Gasteiger partial charge on any atom is 0.419 e. The number of hydrogen-bond donors (Lipinski definition) is 0. The smallest absolute Gasteiger partial charge is 0.419 e. The largest absolute Gasteiger partial charge is 0.496 e. The maximum atomic E-state index is 13.5. The van der Waals surface area contributed by atoms with Crippen molar-refractivity contribution >= 4 is 23.0 Å². The second-order valence-electron chi connectivity index (χ2n) is 12.5. The third-order valence-electron chi connectivity index (χ3n) is 8.07. The number of aromatic nitrogens is 1. The van der Waals surface area contributed by atoms with Crippen molar-refractivity contribution in [3.05, 3.63) is 58.8 Å². The number of rotatable bonds is 9. The number of halogens is 2. The molecule has 0 aliphatic carbocycles. The normalized spacial score (nSPS) is 18.2. The highest BCUT2D eigenvalue weighted by atomic mass is 19.3. The monoisotopic (exact) mass is 629 g/mol. The lowest BCUT2D eigenvalue weighted by molar-refractivity contribution is -0.0800. The minimum atomic E-state index is -2.47. The van der Waals surface area contributed by atoms with Crippen LogP contribution >= 0.6 is 0 Å². The van der Waals surface area contributed by atoms with Gasteiger partial charge in [-0.25, -0.2) is 18.4 Å². The van der Waals surface area contributed by atoms with Crippen LogP contribution in [-0.2, 0) is 20.8 Å². The zero-order valence-corrected chi connectivity index (χ0v) is 26.6. The first-order valence-electron chi connectivity index (χ1n) is 15.0. The van der Waals surface area contributed by atoms with Gasteiger partial charge in [-0.15, -0.1) is 0 Å². The van der Waals surface area contributed by atoms with E-state index in [2.05, 4.69) is 4.90 Å². The van der Waals surface area contributed by atoms with E-state index in [-0.39, 0.29) is 24.3 Å². The van der Waals surface area contributed by atoms with Crippen LogP contribution in [0.5, 0.6) is 11.5 Å². The molecule has 1 aromatic heterocycles. The number of piperazine rings is 1. The molecule has 5 rings (SSSR count). The van der Waals surface area contributed by atoms with Crippen molar-refractivity contribution in [1.29, 1.82) is 0 Å². The van der Waals surface area contributed by atoms with Gasteiger partial charge in [0, 0.05) is 49.4 Å². The zero-order valence-electron chi connectivity index (χ0n) is 26.6. The van der Waals surface area contributed by atoms with Crippen LogP contribution in [0, 0.1) is 6.92 Å². The van der Waals surface area contributed by atoms with E-state index in [0.717, 1.165) is 22.1 Å². The summed E-state index contributed by atoms with van der Waals surface area (Å²) in [5.74, 6) is 0.493. The van der Waals surface area contributed by atoms with E-state index in [1.54, 1.807) is 30.3 Å². The lowest BCUT2D eigenvalue weighted by Crippen LogP contribution is -2.49. The van der Waals surface area contributed by atoms with Gasteiger partial charge in [-0.3, -0.25) is 14.4 Å². The number of nitrogens with zero attached hydrogens (tertiary/aromatic N) is 3. The number of carbonyl (C=O) groups excluding carboxylic acids is 2. The molecule has 0 saturated carbocycles. The fourth-order valence-electron chi connectivity index (χ4n) is 5.90. The molecule has 2 saturated heterocycles. The number of aryl methyl sites for hydroxylation is 1. The first kappa shape index (κ1) is 32.6. The lowest BCUT2D eigenvalue weighted by atomic mass is 9.97. The Balaban J connectivity index is 1.54. The van der Waals surface area contributed by atoms with Crippen LogP contribution in [0.3, 0.4) is 0 Å². The molecule has 2 aliphatic rings. The van der Waals surface area contributed by atoms with Crippen molar-refractivity contribution in [2.24, 2.45) is 0 Å². The van der Waals surface area contributed by atoms with Gasteiger partial charge in [0.2, 0.25) is 0 Å². The van der Waals surface area contributed by atoms with Gasteiger partial charge < -0.3 is 23.7 Å². The summed E-state index contributed by atoms with van der Waals surface area (Å²) < 4.78 is 56.4. The molecule has 3 heterocycles. The highest BCUT2D eigenvalue weighted by Crippen LogP contribution is 2.37. The molecule has 45 heavy (non-hydrogen) atoms. The van der Waals surface area contributed by atoms with Gasteiger partial charge in [-0.1, -0.05) is 6.07 Å². The highest BCUT2D eigenvalue weighted by molar-refractivity contribution is 5.95. The molecule has 2 aliphatic heterocycles. The van der Waals surface area contributed by atoms with Crippen molar-refractivity contribution in [3.63, 3.8) is 0 Å². The molecule has 3 aromatic rings. The van der Waals surface area contributed by atoms with Crippen LogP contribution in [0.2, 0.25) is 0 Å². The van der Waals surface area contributed by atoms with E-state index in [1.807, 2.05) is 45.9 Å². The quantitative estimate of drug-likeness (QED) is 0.288. The van der Waals surface area contributed by atoms with E-state index >= 15 is 0 Å². The molecule has 0 unspecified atom stereocenters. The van der Waals surface area contributed by atoms with Gasteiger partial charge in [0.05, 0.1) is 39.5 Å². The Morgan fingerprint density at radius 1 is 1.07 bits per heavy atom. The van der Waals surface area contributed by atoms with Crippen molar-refractivity contribution in [2.45, 2.75) is 58.4 Å². The number of hydrogen-bond acceptors (Lipinski definition) is 9. The third-order valence-corrected chi connectivity index (χ3v) is 8.07. The van der Waals surface area contributed by atoms with Crippen LogP contribution in [0.25, 0.3) is 10.9 Å². The summed E-state index contributed by atoms with van der Waals surface area (Å²) in [5.41, 5.74) is 2.85. The first-order valence-corrected chi connectivity index (χ1v) is 15.0. The average molecular weight is 630 g/mol. The van der Waals surface area contributed by atoms with Crippen LogP contribution in [0.15, 0.2) is 36.5 Å². The fourth-order valence-corrected chi connectivity index (χ4v) is 5.90. The van der Waals surface area contributed by atoms with E-state index in [9.17, 15) is 18.4 Å². The molecule has 10 nitrogen and oxygen atoms in total. The van der Waals surface area contributed by atoms with Gasteiger partial charge in [-0.05, 0) is 63.1 Å². The summed E-state index contributed by atoms with van der Waals surface area (Å²) >= 11 is 0. The molecule has 2 fully saturated rings. The van der Waals surface area contributed by atoms with Gasteiger partial charge in [-0.2, -0.15) is 0 Å². The minimum Gasteiger partial charge on any atom is -0.496 e. The second-order valence-corrected chi connectivity index (χ2v) is 12.5. The third kappa shape index (κ3) is 7.23. The first-order chi connectivity index (χ1) is 21.4. The number of carbonyl (C=O) groups is 2. The summed E-state index contributed by atoms with van der Waals surface area (Å²) in [7, 11) is 2.91. The predicted octanol–water partition coefficient (Wildman–Crippen LogP) is 5.43. The molecular weight excluding hydrogens is 588 g/mol. The molecule has 0 spiro atoms. The van der Waals surface area contributed by atoms with Crippen LogP contribution in [-0.4, -0.2) is 98.2 Å². The highest BCUT2D eigenvalue weighted by Gasteiger charge is 2.33. The molecule has 2 aromatic carbocycles. The predicted molar refractivity (Wildman–Crippen MR) is 163 cm³/mol. The number of ether oxygens (including phenoxy) is 5. The number of alkyl halides is 2. The van der Waals surface area contributed by atoms with Crippen LogP contribution in [0.1, 0.15) is 53.9 Å². The standard InChI is InChI=1S/C33H41F2N3O7/c1-20-13-27(41-5)25(23-9-10-38(30(20)23)32(40)45-33(2,3)4)15-37-12-11-36(17-29(34)35)16-26(37)21-7-8-24(31(39)42-6)28(14-21)44-22-18-43-19-22/h7-10,13-14,22,26,29H,11-12,15-19H2,1-6H3/t26-/m1/s1. The van der Waals surface area contributed by atoms with Crippen molar-refractivity contribution in [3.8, 4) is 11.5 Å². The molecule has 244 valence electrons. The molecule has 12 heteroatoms. The summed E-state index contributed by atoms with van der Waals surface area (Å²) in [5, 5.41) is 0.835. The molecule has 0 amide bonds. The molecule has 0 radical (unpaired) electrons. The number of fused-ring (bicyclic) bond motifs is 1. The van der Waals surface area contributed by atoms with E-state index < -0.39 is 24.1 Å². The Bertz CT molecular complexity index is 1550. The SMILES string of the molecule is COC(=O)c1ccc([C@H]2CN(CC(F)F)CCN2Cc2c(OC)cc(C)c3c2ccn3C(=O)OC(C)(C)C)cc1OC1COC1. The topological polar surface area (TPSA) is 91.7 Å². The average Bonchev–Trinajstić information content (AvgIpc) is 3.41. The van der Waals surface area contributed by atoms with E-state index in [4.69, 9.17) is 23.7 Å². The Morgan fingerprint density at radius 3 is 2.44 bits per heavy atom. The maximum absolute atomic E-state index is 13.5. The number of esters is 1. The second kappa shape index (κ2) is 13.3. The van der Waals surface area contributed by atoms with E-state index in [1.165, 1.54) is 11.7 Å². The molecular formula is C33H41F2N3O7. The van der Waals surface area contributed by atoms with Crippen molar-refractivity contribution in [1.82, 2.24) is 14.4 Å². The van der Waals surface area contributed by atoms with Crippen LogP contribution < -0.4 is 9.47 Å². The Hall–Kier alpha value is -3.74. The van der Waals surface area contributed by atoms with Gasteiger partial charge in [0.1, 0.15) is 28.8 Å². The lowest BCUT2D eigenvalue weighted by Gasteiger charge is -2.42. The number of methoxy groups -OCH3 is 2. The molecule has 0 bridgehead atoms. The summed E-state index contributed by atoms with van der Waals surface area (Å²) in [6.07, 6.45) is -1.45. The zero-order chi connectivity index (χ0) is 32.5. The fraction of sp³-hybridized carbons (Fsp3) is 0.515. The Labute approximate surface area is 261 Å². The summed E-state index contributed by atoms with van der Waals surface area (Å²) in [4.78, 5) is 29.6. The van der Waals surface area contributed by atoms with Crippen molar-refractivity contribution in [2.75, 3.05) is 53.6 Å².